The minimum Gasteiger partial charge on any atom is -0.312 e. The van der Waals surface area contributed by atoms with Gasteiger partial charge in [-0.25, -0.2) is 0 Å². The SMILES string of the molecule is CN(C)CC1CCC2(CC1)OOC1(O2)C2CC3CC(C2)CC1C3. The molecule has 0 aromatic heterocycles. The number of hydrogen-bond acceptors (Lipinski definition) is 4. The van der Waals surface area contributed by atoms with Crippen LogP contribution in [0.15, 0.2) is 0 Å². The van der Waals surface area contributed by atoms with Gasteiger partial charge in [0.05, 0.1) is 0 Å². The van der Waals surface area contributed by atoms with Crippen molar-refractivity contribution in [1.82, 2.24) is 4.90 Å². The van der Waals surface area contributed by atoms with Crippen molar-refractivity contribution in [3.63, 3.8) is 0 Å². The molecule has 6 aliphatic rings. The average molecular weight is 321 g/mol. The van der Waals surface area contributed by atoms with E-state index in [1.54, 1.807) is 0 Å². The van der Waals surface area contributed by atoms with Crippen molar-refractivity contribution in [2.45, 2.75) is 69.4 Å². The number of hydrogen-bond donors (Lipinski definition) is 0. The first-order valence-corrected chi connectivity index (χ1v) is 9.79. The van der Waals surface area contributed by atoms with Gasteiger partial charge in [-0.1, -0.05) is 0 Å². The van der Waals surface area contributed by atoms with Gasteiger partial charge in [-0.05, 0) is 76.8 Å². The average Bonchev–Trinajstić information content (AvgIpc) is 2.87. The van der Waals surface area contributed by atoms with Crippen LogP contribution in [-0.2, 0) is 14.5 Å². The van der Waals surface area contributed by atoms with Crippen molar-refractivity contribution in [2.24, 2.45) is 29.6 Å². The molecule has 0 amide bonds. The summed E-state index contributed by atoms with van der Waals surface area (Å²) in [7, 11) is 4.33. The second-order valence-electron chi connectivity index (χ2n) is 9.41. The Morgan fingerprint density at radius 2 is 1.48 bits per heavy atom. The van der Waals surface area contributed by atoms with Gasteiger partial charge in [0.15, 0.2) is 0 Å². The molecule has 2 spiro atoms. The number of rotatable bonds is 2. The Morgan fingerprint density at radius 1 is 0.870 bits per heavy atom. The lowest BCUT2D eigenvalue weighted by Crippen LogP contribution is -2.59. The van der Waals surface area contributed by atoms with Gasteiger partial charge in [-0.15, -0.1) is 0 Å². The molecular weight excluding hydrogens is 290 g/mol. The van der Waals surface area contributed by atoms with E-state index >= 15 is 0 Å². The largest absolute Gasteiger partial charge is 0.312 e. The van der Waals surface area contributed by atoms with Crippen LogP contribution in [0.5, 0.6) is 0 Å². The van der Waals surface area contributed by atoms with Crippen molar-refractivity contribution < 1.29 is 14.5 Å². The smallest absolute Gasteiger partial charge is 0.210 e. The predicted molar refractivity (Wildman–Crippen MR) is 86.3 cm³/mol. The maximum Gasteiger partial charge on any atom is 0.210 e. The van der Waals surface area contributed by atoms with Gasteiger partial charge in [0, 0.05) is 31.2 Å². The molecule has 1 heterocycles. The Balaban J connectivity index is 1.30. The predicted octanol–water partition coefficient (Wildman–Crippen LogP) is 3.57. The third-order valence-electron chi connectivity index (χ3n) is 7.44. The highest BCUT2D eigenvalue weighted by Crippen LogP contribution is 2.63. The maximum absolute atomic E-state index is 6.75. The zero-order valence-electron chi connectivity index (χ0n) is 14.6. The molecule has 130 valence electrons. The molecule has 6 rings (SSSR count). The molecule has 0 radical (unpaired) electrons. The second kappa shape index (κ2) is 5.17. The van der Waals surface area contributed by atoms with Gasteiger partial charge >= 0.3 is 0 Å². The normalized spacial score (nSPS) is 54.7. The molecule has 4 heteroatoms. The molecule has 4 nitrogen and oxygen atoms in total. The molecule has 4 bridgehead atoms. The summed E-state index contributed by atoms with van der Waals surface area (Å²) in [6.07, 6.45) is 11.0. The summed E-state index contributed by atoms with van der Waals surface area (Å²) in [5.41, 5.74) is 0. The highest BCUT2D eigenvalue weighted by atomic mass is 17.3. The zero-order chi connectivity index (χ0) is 15.7. The minimum absolute atomic E-state index is 0.387. The van der Waals surface area contributed by atoms with E-state index in [1.165, 1.54) is 51.5 Å². The minimum atomic E-state index is -0.432. The lowest BCUT2D eigenvalue weighted by Gasteiger charge is -2.57. The van der Waals surface area contributed by atoms with Crippen LogP contribution in [0.25, 0.3) is 0 Å². The van der Waals surface area contributed by atoms with Gasteiger partial charge in [0.1, 0.15) is 0 Å². The van der Waals surface area contributed by atoms with Gasteiger partial charge in [-0.3, -0.25) is 0 Å². The molecule has 5 aliphatic carbocycles. The Labute approximate surface area is 139 Å². The number of ether oxygens (including phenoxy) is 1. The van der Waals surface area contributed by atoms with Crippen LogP contribution in [0.3, 0.4) is 0 Å². The number of nitrogens with zero attached hydrogens (tertiary/aromatic N) is 1. The second-order valence-corrected chi connectivity index (χ2v) is 9.41. The van der Waals surface area contributed by atoms with Crippen LogP contribution in [0.4, 0.5) is 0 Å². The molecule has 0 aromatic carbocycles. The fraction of sp³-hybridized carbons (Fsp3) is 1.00. The van der Waals surface area contributed by atoms with Crippen LogP contribution in [-0.4, -0.2) is 37.1 Å². The van der Waals surface area contributed by atoms with Gasteiger partial charge in [-0.2, -0.15) is 9.78 Å². The highest BCUT2D eigenvalue weighted by Gasteiger charge is 2.66. The summed E-state index contributed by atoms with van der Waals surface area (Å²) in [4.78, 5) is 14.4. The van der Waals surface area contributed by atoms with E-state index in [0.29, 0.717) is 11.8 Å². The quantitative estimate of drug-likeness (QED) is 0.728. The molecule has 23 heavy (non-hydrogen) atoms. The van der Waals surface area contributed by atoms with Crippen LogP contribution < -0.4 is 0 Å². The Bertz CT molecular complexity index is 441. The summed E-state index contributed by atoms with van der Waals surface area (Å²) >= 11 is 0. The van der Waals surface area contributed by atoms with E-state index in [9.17, 15) is 0 Å². The third-order valence-corrected chi connectivity index (χ3v) is 7.44. The third kappa shape index (κ3) is 2.32. The fourth-order valence-electron chi connectivity index (χ4n) is 6.61. The topological polar surface area (TPSA) is 30.9 Å². The van der Waals surface area contributed by atoms with Crippen molar-refractivity contribution in [3.05, 3.63) is 0 Å². The van der Waals surface area contributed by atoms with E-state index in [-0.39, 0.29) is 5.79 Å². The van der Waals surface area contributed by atoms with Crippen LogP contribution in [0.1, 0.15) is 57.8 Å². The molecule has 0 aromatic rings. The lowest BCUT2D eigenvalue weighted by atomic mass is 9.53. The van der Waals surface area contributed by atoms with Crippen molar-refractivity contribution in [2.75, 3.05) is 20.6 Å². The Morgan fingerprint density at radius 3 is 2.04 bits per heavy atom. The van der Waals surface area contributed by atoms with Gasteiger partial charge in [0.25, 0.3) is 0 Å². The van der Waals surface area contributed by atoms with Gasteiger partial charge < -0.3 is 9.64 Å². The Kier molecular flexibility index (Phi) is 3.40. The molecular formula is C19H31NO3. The van der Waals surface area contributed by atoms with Crippen LogP contribution in [0.2, 0.25) is 0 Å². The molecule has 6 fully saturated rings. The lowest BCUT2D eigenvalue weighted by molar-refractivity contribution is -0.390. The monoisotopic (exact) mass is 321 g/mol. The van der Waals surface area contributed by atoms with Crippen LogP contribution in [0, 0.1) is 29.6 Å². The summed E-state index contributed by atoms with van der Waals surface area (Å²) < 4.78 is 6.75. The first kappa shape index (κ1) is 15.1. The fourth-order valence-corrected chi connectivity index (χ4v) is 6.61. The summed E-state index contributed by atoms with van der Waals surface area (Å²) in [5, 5.41) is 0. The molecule has 1 aliphatic heterocycles. The van der Waals surface area contributed by atoms with E-state index in [2.05, 4.69) is 19.0 Å². The van der Waals surface area contributed by atoms with Gasteiger partial charge in [0.2, 0.25) is 11.6 Å². The van der Waals surface area contributed by atoms with Crippen LogP contribution >= 0.6 is 0 Å². The Hall–Kier alpha value is -0.160. The first-order valence-electron chi connectivity index (χ1n) is 9.79. The standard InChI is InChI=1S/C19H31NO3/c1-20(2)12-13-3-5-18(6-4-13)21-19(23-22-18)16-8-14-7-15(10-16)11-17(19)9-14/h13-17H,3-12H2,1-2H3. The van der Waals surface area contributed by atoms with E-state index in [1.807, 2.05) is 0 Å². The maximum atomic E-state index is 6.75. The summed E-state index contributed by atoms with van der Waals surface area (Å²) in [6, 6.07) is 0. The van der Waals surface area contributed by atoms with Crippen molar-refractivity contribution in [1.29, 1.82) is 0 Å². The van der Waals surface area contributed by atoms with E-state index < -0.39 is 5.79 Å². The molecule has 5 saturated carbocycles. The zero-order valence-corrected chi connectivity index (χ0v) is 14.6. The van der Waals surface area contributed by atoms with E-state index in [0.717, 1.165) is 30.6 Å². The molecule has 0 N–H and O–H groups in total. The molecule has 1 saturated heterocycles. The first-order chi connectivity index (χ1) is 11.1. The van der Waals surface area contributed by atoms with Crippen molar-refractivity contribution in [3.8, 4) is 0 Å². The molecule has 0 unspecified atom stereocenters. The van der Waals surface area contributed by atoms with Crippen molar-refractivity contribution >= 4 is 0 Å². The highest BCUT2D eigenvalue weighted by molar-refractivity contribution is 5.05. The molecule has 0 atom stereocenters. The summed E-state index contributed by atoms with van der Waals surface area (Å²) in [6.45, 7) is 1.18. The van der Waals surface area contributed by atoms with E-state index in [4.69, 9.17) is 14.5 Å². The summed E-state index contributed by atoms with van der Waals surface area (Å²) in [5.74, 6) is 2.98.